The lowest BCUT2D eigenvalue weighted by Crippen LogP contribution is -2.27. The monoisotopic (exact) mass is 277 g/mol. The average molecular weight is 278 g/mol. The van der Waals surface area contributed by atoms with Gasteiger partial charge in [0.1, 0.15) is 5.75 Å². The Morgan fingerprint density at radius 3 is 3.00 bits per heavy atom. The molecule has 2 heterocycles. The molecule has 1 aromatic heterocycles. The smallest absolute Gasteiger partial charge is 0.134 e. The number of hydrogen-bond donors (Lipinski definition) is 1. The summed E-state index contributed by atoms with van der Waals surface area (Å²) in [6, 6.07) is 5.69. The van der Waals surface area contributed by atoms with Crippen LogP contribution < -0.4 is 0 Å². The summed E-state index contributed by atoms with van der Waals surface area (Å²) in [6.45, 7) is 1.85. The molecule has 0 saturated carbocycles. The second kappa shape index (κ2) is 4.87. The van der Waals surface area contributed by atoms with Crippen LogP contribution in [0, 0.1) is 0 Å². The van der Waals surface area contributed by atoms with Crippen LogP contribution in [0.25, 0.3) is 0 Å². The van der Waals surface area contributed by atoms with Crippen LogP contribution in [-0.2, 0) is 6.42 Å². The van der Waals surface area contributed by atoms with Crippen molar-refractivity contribution in [2.24, 2.45) is 0 Å². The van der Waals surface area contributed by atoms with Gasteiger partial charge in [-0.1, -0.05) is 11.6 Å². The number of aromatic nitrogens is 2. The molecule has 1 unspecified atom stereocenters. The molecule has 0 radical (unpaired) electrons. The quantitative estimate of drug-likeness (QED) is 0.870. The second-order valence-corrected chi connectivity index (χ2v) is 5.42. The number of benzene rings is 1. The minimum absolute atomic E-state index is 0.112. The Bertz CT molecular complexity index is 583. The normalized spacial score (nSPS) is 20.0. The van der Waals surface area contributed by atoms with E-state index in [2.05, 4.69) is 17.0 Å². The van der Waals surface area contributed by atoms with Crippen molar-refractivity contribution >= 4 is 11.6 Å². The number of rotatable bonds is 1. The molecular formula is C14H16ClN3O. The summed E-state index contributed by atoms with van der Waals surface area (Å²) in [5.41, 5.74) is 2.29. The number of phenolic OH excluding ortho intramolecular Hbond substituents is 1. The minimum Gasteiger partial charge on any atom is -0.506 e. The van der Waals surface area contributed by atoms with Crippen molar-refractivity contribution in [3.8, 4) is 5.75 Å². The lowest BCUT2D eigenvalue weighted by Gasteiger charge is -2.22. The first kappa shape index (κ1) is 12.5. The molecule has 5 heteroatoms. The molecule has 0 amide bonds. The van der Waals surface area contributed by atoms with Crippen molar-refractivity contribution in [2.75, 3.05) is 20.1 Å². The number of aromatic hydroxyl groups is 1. The van der Waals surface area contributed by atoms with Gasteiger partial charge in [0.2, 0.25) is 0 Å². The van der Waals surface area contributed by atoms with Crippen molar-refractivity contribution < 1.29 is 5.11 Å². The number of likely N-dealkylation sites (N-methyl/N-ethyl adjacent to an activating group) is 1. The van der Waals surface area contributed by atoms with Crippen molar-refractivity contribution in [3.05, 3.63) is 46.7 Å². The molecular weight excluding hydrogens is 262 g/mol. The molecule has 0 fully saturated rings. The zero-order valence-corrected chi connectivity index (χ0v) is 11.5. The van der Waals surface area contributed by atoms with Gasteiger partial charge in [-0.25, -0.2) is 0 Å². The molecule has 0 spiro atoms. The summed E-state index contributed by atoms with van der Waals surface area (Å²) >= 11 is 6.02. The topological polar surface area (TPSA) is 41.3 Å². The van der Waals surface area contributed by atoms with Crippen LogP contribution in [0.1, 0.15) is 17.2 Å². The lowest BCUT2D eigenvalue weighted by atomic mass is 9.99. The van der Waals surface area contributed by atoms with Gasteiger partial charge in [0.25, 0.3) is 0 Å². The molecule has 3 rings (SSSR count). The summed E-state index contributed by atoms with van der Waals surface area (Å²) < 4.78 is 1.94. The van der Waals surface area contributed by atoms with E-state index in [-0.39, 0.29) is 11.8 Å². The van der Waals surface area contributed by atoms with Crippen molar-refractivity contribution in [2.45, 2.75) is 12.5 Å². The summed E-state index contributed by atoms with van der Waals surface area (Å²) in [5, 5.41) is 14.6. The van der Waals surface area contributed by atoms with Gasteiger partial charge in [-0.15, -0.1) is 0 Å². The number of phenols is 1. The number of nitrogens with zero attached hydrogens (tertiary/aromatic N) is 3. The maximum absolute atomic E-state index is 9.87. The van der Waals surface area contributed by atoms with Crippen LogP contribution in [0.15, 0.2) is 30.6 Å². The molecule has 1 N–H and O–H groups in total. The van der Waals surface area contributed by atoms with Crippen LogP contribution >= 0.6 is 11.6 Å². The van der Waals surface area contributed by atoms with Crippen LogP contribution in [-0.4, -0.2) is 39.9 Å². The van der Waals surface area contributed by atoms with Crippen molar-refractivity contribution in [1.29, 1.82) is 0 Å². The summed E-state index contributed by atoms with van der Waals surface area (Å²) in [6.07, 6.45) is 4.67. The zero-order valence-electron chi connectivity index (χ0n) is 10.8. The third-order valence-electron chi connectivity index (χ3n) is 3.66. The van der Waals surface area contributed by atoms with Gasteiger partial charge in [0.15, 0.2) is 0 Å². The first-order valence-corrected chi connectivity index (χ1v) is 6.72. The maximum atomic E-state index is 9.87. The third-order valence-corrected chi connectivity index (χ3v) is 3.96. The number of halogens is 1. The van der Waals surface area contributed by atoms with E-state index in [1.165, 1.54) is 5.56 Å². The Morgan fingerprint density at radius 1 is 1.42 bits per heavy atom. The van der Waals surface area contributed by atoms with E-state index in [0.717, 1.165) is 25.1 Å². The molecule has 0 bridgehead atoms. The van der Waals surface area contributed by atoms with E-state index < -0.39 is 0 Å². The van der Waals surface area contributed by atoms with Crippen LogP contribution in [0.3, 0.4) is 0 Å². The van der Waals surface area contributed by atoms with E-state index in [1.807, 2.05) is 23.0 Å². The van der Waals surface area contributed by atoms with E-state index in [0.29, 0.717) is 5.02 Å². The second-order valence-electron chi connectivity index (χ2n) is 5.02. The van der Waals surface area contributed by atoms with Crippen LogP contribution in [0.2, 0.25) is 5.02 Å². The Kier molecular flexibility index (Phi) is 3.21. The zero-order chi connectivity index (χ0) is 13.4. The Labute approximate surface area is 117 Å². The molecule has 0 saturated heterocycles. The fourth-order valence-corrected chi connectivity index (χ4v) is 2.82. The fourth-order valence-electron chi connectivity index (χ4n) is 2.63. The third kappa shape index (κ3) is 2.33. The molecule has 100 valence electrons. The summed E-state index contributed by atoms with van der Waals surface area (Å²) in [5.74, 6) is 0.141. The van der Waals surface area contributed by atoms with E-state index >= 15 is 0 Å². The Morgan fingerprint density at radius 2 is 2.26 bits per heavy atom. The fraction of sp³-hybridized carbons (Fsp3) is 0.357. The molecule has 1 aliphatic heterocycles. The van der Waals surface area contributed by atoms with Crippen LogP contribution in [0.5, 0.6) is 5.75 Å². The van der Waals surface area contributed by atoms with E-state index in [1.54, 1.807) is 12.3 Å². The summed E-state index contributed by atoms with van der Waals surface area (Å²) in [4.78, 5) is 2.28. The lowest BCUT2D eigenvalue weighted by molar-refractivity contribution is 0.301. The standard InChI is InChI=1S/C14H16ClN3O/c1-17-6-3-10-7-12(15)14(19)8-11(10)13(9-17)18-5-2-4-16-18/h2,4-5,7-8,13,19H,3,6,9H2,1H3. The largest absolute Gasteiger partial charge is 0.506 e. The molecule has 19 heavy (non-hydrogen) atoms. The van der Waals surface area contributed by atoms with Gasteiger partial charge in [-0.3, -0.25) is 4.68 Å². The average Bonchev–Trinajstić information content (AvgIpc) is 2.86. The first-order chi connectivity index (χ1) is 9.15. The molecule has 1 aromatic carbocycles. The van der Waals surface area contributed by atoms with Gasteiger partial charge in [0.05, 0.1) is 11.1 Å². The molecule has 1 atom stereocenters. The molecule has 2 aromatic rings. The van der Waals surface area contributed by atoms with E-state index in [4.69, 9.17) is 11.6 Å². The van der Waals surface area contributed by atoms with Gasteiger partial charge in [-0.05, 0) is 42.8 Å². The van der Waals surface area contributed by atoms with Gasteiger partial charge in [0, 0.05) is 25.5 Å². The molecule has 1 aliphatic rings. The predicted molar refractivity (Wildman–Crippen MR) is 74.7 cm³/mol. The Hall–Kier alpha value is -1.52. The molecule has 4 nitrogen and oxygen atoms in total. The van der Waals surface area contributed by atoms with Gasteiger partial charge < -0.3 is 10.0 Å². The maximum Gasteiger partial charge on any atom is 0.134 e. The summed E-state index contributed by atoms with van der Waals surface area (Å²) in [7, 11) is 2.10. The van der Waals surface area contributed by atoms with Crippen LogP contribution in [0.4, 0.5) is 0 Å². The SMILES string of the molecule is CN1CCc2cc(Cl)c(O)cc2C(n2cccn2)C1. The number of hydrogen-bond acceptors (Lipinski definition) is 3. The van der Waals surface area contributed by atoms with E-state index in [9.17, 15) is 5.11 Å². The first-order valence-electron chi connectivity index (χ1n) is 6.34. The van der Waals surface area contributed by atoms with Gasteiger partial charge in [-0.2, -0.15) is 5.10 Å². The highest BCUT2D eigenvalue weighted by atomic mass is 35.5. The molecule has 0 aliphatic carbocycles. The number of fused-ring (bicyclic) bond motifs is 1. The highest BCUT2D eigenvalue weighted by Gasteiger charge is 2.24. The predicted octanol–water partition coefficient (Wildman–Crippen LogP) is 2.32. The van der Waals surface area contributed by atoms with Crippen molar-refractivity contribution in [1.82, 2.24) is 14.7 Å². The highest BCUT2D eigenvalue weighted by Crippen LogP contribution is 2.33. The Balaban J connectivity index is 2.12. The minimum atomic E-state index is 0.112. The van der Waals surface area contributed by atoms with Crippen molar-refractivity contribution in [3.63, 3.8) is 0 Å². The highest BCUT2D eigenvalue weighted by molar-refractivity contribution is 6.32. The van der Waals surface area contributed by atoms with Gasteiger partial charge >= 0.3 is 0 Å².